The number of carbonyl (C=O) groups excluding carboxylic acids is 2. The number of amides is 2. The molecule has 0 saturated heterocycles. The van der Waals surface area contributed by atoms with Gasteiger partial charge in [-0.2, -0.15) is 0 Å². The fourth-order valence-electron chi connectivity index (χ4n) is 1.93. The molecule has 1 saturated carbocycles. The lowest BCUT2D eigenvalue weighted by Crippen LogP contribution is -2.51. The second-order valence-corrected chi connectivity index (χ2v) is 6.65. The quantitative estimate of drug-likeness (QED) is 0.668. The topological polar surface area (TPSA) is 78.4 Å². The Kier molecular flexibility index (Phi) is 4.96. The molecule has 19 heavy (non-hydrogen) atoms. The predicted molar refractivity (Wildman–Crippen MR) is 73.4 cm³/mol. The van der Waals surface area contributed by atoms with Crippen molar-refractivity contribution >= 4 is 11.8 Å². The summed E-state index contributed by atoms with van der Waals surface area (Å²) >= 11 is 0. The Hall–Kier alpha value is -1.10. The average Bonchev–Trinajstić information content (AvgIpc) is 3.11. The second-order valence-electron chi connectivity index (χ2n) is 6.65. The Labute approximate surface area is 115 Å². The number of hydrogen-bond donors (Lipinski definition) is 3. The summed E-state index contributed by atoms with van der Waals surface area (Å²) in [5.74, 6) is 0.190. The zero-order valence-corrected chi connectivity index (χ0v) is 12.4. The Balaban J connectivity index is 2.30. The van der Waals surface area contributed by atoms with E-state index in [4.69, 9.17) is 0 Å². The van der Waals surface area contributed by atoms with Crippen molar-refractivity contribution in [2.75, 3.05) is 13.2 Å². The van der Waals surface area contributed by atoms with Gasteiger partial charge < -0.3 is 15.7 Å². The van der Waals surface area contributed by atoms with Gasteiger partial charge in [-0.25, -0.2) is 0 Å². The van der Waals surface area contributed by atoms with Gasteiger partial charge in [-0.3, -0.25) is 9.59 Å². The summed E-state index contributed by atoms with van der Waals surface area (Å²) in [6, 6.07) is 0. The molecule has 0 aromatic carbocycles. The molecule has 1 unspecified atom stereocenters. The van der Waals surface area contributed by atoms with Gasteiger partial charge in [0.1, 0.15) is 0 Å². The van der Waals surface area contributed by atoms with Crippen molar-refractivity contribution in [3.63, 3.8) is 0 Å². The Morgan fingerprint density at radius 3 is 2.21 bits per heavy atom. The van der Waals surface area contributed by atoms with Crippen molar-refractivity contribution in [3.8, 4) is 0 Å². The average molecular weight is 270 g/mol. The Morgan fingerprint density at radius 1 is 1.21 bits per heavy atom. The fourth-order valence-corrected chi connectivity index (χ4v) is 1.93. The fraction of sp³-hybridized carbons (Fsp3) is 0.857. The van der Waals surface area contributed by atoms with Crippen LogP contribution in [0.1, 0.15) is 47.0 Å². The molecule has 0 aromatic rings. The van der Waals surface area contributed by atoms with Crippen LogP contribution in [0.4, 0.5) is 0 Å². The minimum atomic E-state index is -0.509. The van der Waals surface area contributed by atoms with Crippen LogP contribution in [0.3, 0.4) is 0 Å². The van der Waals surface area contributed by atoms with Crippen molar-refractivity contribution in [2.24, 2.45) is 11.3 Å². The minimum Gasteiger partial charge on any atom is -0.394 e. The van der Waals surface area contributed by atoms with Crippen LogP contribution >= 0.6 is 0 Å². The van der Waals surface area contributed by atoms with Crippen LogP contribution in [-0.2, 0) is 9.59 Å². The highest BCUT2D eigenvalue weighted by molar-refractivity contribution is 5.82. The zero-order valence-electron chi connectivity index (χ0n) is 12.4. The van der Waals surface area contributed by atoms with Crippen LogP contribution in [0, 0.1) is 11.3 Å². The third kappa shape index (κ3) is 4.82. The molecule has 0 spiro atoms. The molecule has 1 rings (SSSR count). The van der Waals surface area contributed by atoms with E-state index < -0.39 is 11.0 Å². The number of aliphatic hydroxyl groups is 1. The van der Waals surface area contributed by atoms with Crippen molar-refractivity contribution in [1.29, 1.82) is 0 Å². The van der Waals surface area contributed by atoms with Gasteiger partial charge in [0.2, 0.25) is 11.8 Å². The molecule has 1 fully saturated rings. The summed E-state index contributed by atoms with van der Waals surface area (Å²) in [4.78, 5) is 23.4. The number of aliphatic hydroxyl groups excluding tert-OH is 1. The highest BCUT2D eigenvalue weighted by Crippen LogP contribution is 2.39. The largest absolute Gasteiger partial charge is 0.394 e. The molecule has 0 aromatic heterocycles. The van der Waals surface area contributed by atoms with Crippen molar-refractivity contribution in [2.45, 2.75) is 52.5 Å². The van der Waals surface area contributed by atoms with Crippen LogP contribution in [0.2, 0.25) is 0 Å². The first-order valence-electron chi connectivity index (χ1n) is 6.89. The van der Waals surface area contributed by atoms with Gasteiger partial charge in [-0.15, -0.1) is 0 Å². The summed E-state index contributed by atoms with van der Waals surface area (Å²) in [6.45, 7) is 7.65. The first-order valence-corrected chi connectivity index (χ1v) is 6.89. The van der Waals surface area contributed by atoms with Crippen LogP contribution in [0.5, 0.6) is 0 Å². The van der Waals surface area contributed by atoms with E-state index in [0.29, 0.717) is 12.5 Å². The summed E-state index contributed by atoms with van der Waals surface area (Å²) in [6.07, 6.45) is 2.35. The molecule has 0 bridgehead atoms. The molecule has 1 aliphatic rings. The third-order valence-corrected chi connectivity index (χ3v) is 3.55. The predicted octanol–water partition coefficient (Wildman–Crippen LogP) is 0.816. The molecule has 1 aliphatic carbocycles. The first kappa shape index (κ1) is 16.0. The van der Waals surface area contributed by atoms with Crippen LogP contribution in [0.15, 0.2) is 0 Å². The maximum Gasteiger partial charge on any atom is 0.225 e. The van der Waals surface area contributed by atoms with Crippen molar-refractivity contribution < 1.29 is 14.7 Å². The van der Waals surface area contributed by atoms with Gasteiger partial charge in [-0.1, -0.05) is 20.8 Å². The van der Waals surface area contributed by atoms with Gasteiger partial charge >= 0.3 is 0 Å². The standard InChI is InChI=1S/C14H26N2O3/c1-13(2,3)12(19)15-8-7-11(18)16-14(4,9-17)10-5-6-10/h10,17H,5-9H2,1-4H3,(H,15,19)(H,16,18). The summed E-state index contributed by atoms with van der Waals surface area (Å²) in [5, 5.41) is 15.0. The van der Waals surface area contributed by atoms with E-state index in [1.54, 1.807) is 0 Å². The van der Waals surface area contributed by atoms with E-state index in [-0.39, 0.29) is 24.8 Å². The van der Waals surface area contributed by atoms with Crippen molar-refractivity contribution in [3.05, 3.63) is 0 Å². The smallest absolute Gasteiger partial charge is 0.225 e. The molecular formula is C14H26N2O3. The van der Waals surface area contributed by atoms with Gasteiger partial charge in [-0.05, 0) is 25.7 Å². The maximum atomic E-state index is 11.8. The number of hydrogen-bond acceptors (Lipinski definition) is 3. The third-order valence-electron chi connectivity index (χ3n) is 3.55. The molecule has 3 N–H and O–H groups in total. The molecule has 2 amide bonds. The minimum absolute atomic E-state index is 0.0439. The SMILES string of the molecule is CC(C)(C)C(=O)NCCC(=O)NC(C)(CO)C1CC1. The molecule has 0 aliphatic heterocycles. The van der Waals surface area contributed by atoms with Crippen LogP contribution < -0.4 is 10.6 Å². The van der Waals surface area contributed by atoms with Crippen molar-refractivity contribution in [1.82, 2.24) is 10.6 Å². The molecule has 0 radical (unpaired) electrons. The summed E-state index contributed by atoms with van der Waals surface area (Å²) in [7, 11) is 0. The van der Waals surface area contributed by atoms with E-state index in [0.717, 1.165) is 12.8 Å². The maximum absolute atomic E-state index is 11.8. The highest BCUT2D eigenvalue weighted by Gasteiger charge is 2.41. The Bertz CT molecular complexity index is 345. The molecule has 110 valence electrons. The molecule has 0 heterocycles. The molecule has 1 atom stereocenters. The monoisotopic (exact) mass is 270 g/mol. The van der Waals surface area contributed by atoms with Gasteiger partial charge in [0.15, 0.2) is 0 Å². The molecule has 5 nitrogen and oxygen atoms in total. The number of carbonyl (C=O) groups is 2. The number of nitrogens with one attached hydrogen (secondary N) is 2. The highest BCUT2D eigenvalue weighted by atomic mass is 16.3. The molecule has 5 heteroatoms. The summed E-state index contributed by atoms with van der Waals surface area (Å²) < 4.78 is 0. The zero-order chi connectivity index (χ0) is 14.7. The van der Waals surface area contributed by atoms with E-state index in [1.807, 2.05) is 27.7 Å². The van der Waals surface area contributed by atoms with E-state index in [9.17, 15) is 14.7 Å². The lowest BCUT2D eigenvalue weighted by atomic mass is 9.95. The number of rotatable bonds is 6. The van der Waals surface area contributed by atoms with Gasteiger partial charge in [0.05, 0.1) is 12.1 Å². The van der Waals surface area contributed by atoms with E-state index in [1.165, 1.54) is 0 Å². The van der Waals surface area contributed by atoms with Crippen LogP contribution in [0.25, 0.3) is 0 Å². The van der Waals surface area contributed by atoms with Crippen LogP contribution in [-0.4, -0.2) is 35.6 Å². The lowest BCUT2D eigenvalue weighted by Gasteiger charge is -2.29. The summed E-state index contributed by atoms with van der Waals surface area (Å²) in [5.41, 5.74) is -0.949. The lowest BCUT2D eigenvalue weighted by molar-refractivity contribution is -0.128. The van der Waals surface area contributed by atoms with Gasteiger partial charge in [0.25, 0.3) is 0 Å². The Morgan fingerprint density at radius 2 is 1.79 bits per heavy atom. The van der Waals surface area contributed by atoms with E-state index >= 15 is 0 Å². The second kappa shape index (κ2) is 5.90. The van der Waals surface area contributed by atoms with E-state index in [2.05, 4.69) is 10.6 Å². The normalized spacial score (nSPS) is 18.6. The van der Waals surface area contributed by atoms with Gasteiger partial charge in [0, 0.05) is 18.4 Å². The molecular weight excluding hydrogens is 244 g/mol. The first-order chi connectivity index (χ1) is 8.69.